The van der Waals surface area contributed by atoms with Gasteiger partial charge in [0.1, 0.15) is 0 Å². The fourth-order valence-corrected chi connectivity index (χ4v) is 2.66. The van der Waals surface area contributed by atoms with Crippen molar-refractivity contribution in [2.24, 2.45) is 0 Å². The number of hydrogen-bond donors (Lipinski definition) is 0. The van der Waals surface area contributed by atoms with Gasteiger partial charge in [-0.3, -0.25) is 9.59 Å². The van der Waals surface area contributed by atoms with Crippen LogP contribution < -0.4 is 0 Å². The molecule has 1 aliphatic heterocycles. The van der Waals surface area contributed by atoms with Gasteiger partial charge in [0, 0.05) is 17.8 Å². The van der Waals surface area contributed by atoms with Gasteiger partial charge in [-0.25, -0.2) is 0 Å². The van der Waals surface area contributed by atoms with E-state index in [1.165, 1.54) is 11.3 Å². The number of nitrogens with zero attached hydrogens (tertiary/aromatic N) is 1. The van der Waals surface area contributed by atoms with E-state index in [1.807, 2.05) is 19.1 Å². The van der Waals surface area contributed by atoms with Gasteiger partial charge in [0.15, 0.2) is 5.78 Å². The Morgan fingerprint density at radius 1 is 1.44 bits per heavy atom. The highest BCUT2D eigenvalue weighted by Crippen LogP contribution is 2.17. The standard InChI is InChI=1S/C12H15NO2S/c1-9-5-6-11(16-9)10(14)8-13-7-3-2-4-12(13)15/h5-6H,2-4,7-8H2,1H3. The fourth-order valence-electron chi connectivity index (χ4n) is 1.86. The van der Waals surface area contributed by atoms with Gasteiger partial charge in [-0.1, -0.05) is 0 Å². The van der Waals surface area contributed by atoms with E-state index in [1.54, 1.807) is 4.90 Å². The summed E-state index contributed by atoms with van der Waals surface area (Å²) >= 11 is 1.50. The summed E-state index contributed by atoms with van der Waals surface area (Å²) < 4.78 is 0. The van der Waals surface area contributed by atoms with Crippen LogP contribution in [-0.2, 0) is 4.79 Å². The van der Waals surface area contributed by atoms with Crippen molar-refractivity contribution in [3.05, 3.63) is 21.9 Å². The Hall–Kier alpha value is -1.16. The van der Waals surface area contributed by atoms with E-state index in [4.69, 9.17) is 0 Å². The number of hydrogen-bond acceptors (Lipinski definition) is 3. The van der Waals surface area contributed by atoms with Gasteiger partial charge >= 0.3 is 0 Å². The molecule has 1 amide bonds. The van der Waals surface area contributed by atoms with E-state index in [9.17, 15) is 9.59 Å². The molecule has 0 bridgehead atoms. The molecule has 0 atom stereocenters. The minimum absolute atomic E-state index is 0.0633. The molecule has 2 rings (SSSR count). The number of amides is 1. The number of aryl methyl sites for hydroxylation is 1. The molecule has 1 aliphatic rings. The van der Waals surface area contributed by atoms with Crippen LogP contribution in [0.3, 0.4) is 0 Å². The Kier molecular flexibility index (Phi) is 3.39. The first-order valence-electron chi connectivity index (χ1n) is 5.54. The van der Waals surface area contributed by atoms with Crippen molar-refractivity contribution in [2.75, 3.05) is 13.1 Å². The third-order valence-electron chi connectivity index (χ3n) is 2.77. The summed E-state index contributed by atoms with van der Waals surface area (Å²) in [6.45, 7) is 2.96. The second kappa shape index (κ2) is 4.78. The Bertz CT molecular complexity index is 411. The lowest BCUT2D eigenvalue weighted by Crippen LogP contribution is -2.38. The zero-order valence-corrected chi connectivity index (χ0v) is 10.2. The van der Waals surface area contributed by atoms with Crippen LogP contribution in [0.4, 0.5) is 0 Å². The molecule has 0 radical (unpaired) electrons. The molecule has 0 aromatic carbocycles. The topological polar surface area (TPSA) is 37.4 Å². The average Bonchev–Trinajstić information content (AvgIpc) is 2.68. The third kappa shape index (κ3) is 2.50. The summed E-state index contributed by atoms with van der Waals surface area (Å²) in [5.74, 6) is 0.182. The summed E-state index contributed by atoms with van der Waals surface area (Å²) in [4.78, 5) is 27.0. The van der Waals surface area contributed by atoms with E-state index in [0.29, 0.717) is 6.42 Å². The second-order valence-electron chi connectivity index (χ2n) is 4.11. The third-order valence-corrected chi connectivity index (χ3v) is 3.81. The SMILES string of the molecule is Cc1ccc(C(=O)CN2CCCCC2=O)s1. The number of thiophene rings is 1. The molecular weight excluding hydrogens is 222 g/mol. The van der Waals surface area contributed by atoms with Crippen molar-refractivity contribution in [1.29, 1.82) is 0 Å². The molecule has 0 aliphatic carbocycles. The molecule has 0 spiro atoms. The normalized spacial score (nSPS) is 16.6. The molecular formula is C12H15NO2S. The second-order valence-corrected chi connectivity index (χ2v) is 5.39. The molecule has 16 heavy (non-hydrogen) atoms. The molecule has 0 N–H and O–H groups in total. The van der Waals surface area contributed by atoms with Gasteiger partial charge < -0.3 is 4.90 Å². The average molecular weight is 237 g/mol. The predicted octanol–water partition coefficient (Wildman–Crippen LogP) is 2.25. The van der Waals surface area contributed by atoms with E-state index in [0.717, 1.165) is 29.1 Å². The summed E-state index contributed by atoms with van der Waals surface area (Å²) in [6.07, 6.45) is 2.57. The maximum atomic E-state index is 11.9. The van der Waals surface area contributed by atoms with Crippen molar-refractivity contribution in [1.82, 2.24) is 4.90 Å². The molecule has 1 saturated heterocycles. The van der Waals surface area contributed by atoms with Crippen LogP contribution in [0.1, 0.15) is 33.8 Å². The van der Waals surface area contributed by atoms with Crippen molar-refractivity contribution < 1.29 is 9.59 Å². The number of carbonyl (C=O) groups excluding carboxylic acids is 2. The van der Waals surface area contributed by atoms with Gasteiger partial charge in [0.2, 0.25) is 5.91 Å². The quantitative estimate of drug-likeness (QED) is 0.756. The van der Waals surface area contributed by atoms with Gasteiger partial charge in [-0.15, -0.1) is 11.3 Å². The molecule has 0 saturated carbocycles. The minimum atomic E-state index is 0.0633. The van der Waals surface area contributed by atoms with Gasteiger partial charge in [0.05, 0.1) is 11.4 Å². The van der Waals surface area contributed by atoms with Crippen molar-refractivity contribution in [2.45, 2.75) is 26.2 Å². The number of piperidine rings is 1. The van der Waals surface area contributed by atoms with Crippen LogP contribution in [0.25, 0.3) is 0 Å². The Morgan fingerprint density at radius 3 is 2.88 bits per heavy atom. The van der Waals surface area contributed by atoms with Crippen LogP contribution in [0.15, 0.2) is 12.1 Å². The molecule has 1 aromatic rings. The summed E-state index contributed by atoms with van der Waals surface area (Å²) in [7, 11) is 0. The zero-order valence-electron chi connectivity index (χ0n) is 9.36. The number of rotatable bonds is 3. The maximum Gasteiger partial charge on any atom is 0.222 e. The molecule has 4 heteroatoms. The molecule has 86 valence electrons. The van der Waals surface area contributed by atoms with E-state index >= 15 is 0 Å². The summed E-state index contributed by atoms with van der Waals surface area (Å²) in [6, 6.07) is 3.78. The highest BCUT2D eigenvalue weighted by molar-refractivity contribution is 7.14. The van der Waals surface area contributed by atoms with Crippen LogP contribution in [-0.4, -0.2) is 29.7 Å². The van der Waals surface area contributed by atoms with E-state index in [-0.39, 0.29) is 18.2 Å². The van der Waals surface area contributed by atoms with Gasteiger partial charge in [-0.05, 0) is 31.9 Å². The summed E-state index contributed by atoms with van der Waals surface area (Å²) in [5, 5.41) is 0. The lowest BCUT2D eigenvalue weighted by atomic mass is 10.1. The highest BCUT2D eigenvalue weighted by atomic mass is 32.1. The van der Waals surface area contributed by atoms with Crippen LogP contribution >= 0.6 is 11.3 Å². The minimum Gasteiger partial charge on any atom is -0.335 e. The maximum absolute atomic E-state index is 11.9. The van der Waals surface area contributed by atoms with Crippen LogP contribution in [0.5, 0.6) is 0 Å². The first-order chi connectivity index (χ1) is 7.66. The van der Waals surface area contributed by atoms with Gasteiger partial charge in [0.25, 0.3) is 0 Å². The first-order valence-corrected chi connectivity index (χ1v) is 6.36. The van der Waals surface area contributed by atoms with E-state index in [2.05, 4.69) is 0 Å². The fraction of sp³-hybridized carbons (Fsp3) is 0.500. The Morgan fingerprint density at radius 2 is 2.25 bits per heavy atom. The number of Topliss-reactive ketones (excluding diaryl/α,β-unsaturated/α-hetero) is 1. The number of carbonyl (C=O) groups is 2. The van der Waals surface area contributed by atoms with Crippen LogP contribution in [0.2, 0.25) is 0 Å². The number of ketones is 1. The molecule has 0 unspecified atom stereocenters. The molecule has 1 aromatic heterocycles. The monoisotopic (exact) mass is 237 g/mol. The smallest absolute Gasteiger partial charge is 0.222 e. The summed E-state index contributed by atoms with van der Waals surface area (Å²) in [5.41, 5.74) is 0. The molecule has 1 fully saturated rings. The predicted molar refractivity (Wildman–Crippen MR) is 63.8 cm³/mol. The van der Waals surface area contributed by atoms with Crippen molar-refractivity contribution >= 4 is 23.0 Å². The first kappa shape index (κ1) is 11.3. The zero-order chi connectivity index (χ0) is 11.5. The van der Waals surface area contributed by atoms with Gasteiger partial charge in [-0.2, -0.15) is 0 Å². The lowest BCUT2D eigenvalue weighted by molar-refractivity contribution is -0.132. The molecule has 2 heterocycles. The Labute approximate surface area is 99.1 Å². The lowest BCUT2D eigenvalue weighted by Gasteiger charge is -2.25. The molecule has 3 nitrogen and oxygen atoms in total. The number of likely N-dealkylation sites (tertiary alicyclic amines) is 1. The van der Waals surface area contributed by atoms with Crippen LogP contribution in [0, 0.1) is 6.92 Å². The largest absolute Gasteiger partial charge is 0.335 e. The van der Waals surface area contributed by atoms with Crippen molar-refractivity contribution in [3.63, 3.8) is 0 Å². The van der Waals surface area contributed by atoms with Crippen molar-refractivity contribution in [3.8, 4) is 0 Å². The Balaban J connectivity index is 1.99. The highest BCUT2D eigenvalue weighted by Gasteiger charge is 2.21. The van der Waals surface area contributed by atoms with E-state index < -0.39 is 0 Å².